The van der Waals surface area contributed by atoms with Crippen LogP contribution in [0.1, 0.15) is 33.9 Å². The molecule has 0 fully saturated rings. The topological polar surface area (TPSA) is 77.4 Å². The molecule has 4 rings (SSSR count). The van der Waals surface area contributed by atoms with Gasteiger partial charge >= 0.3 is 0 Å². The van der Waals surface area contributed by atoms with E-state index in [2.05, 4.69) is 21.0 Å². The standard InChI is InChI=1S/C26H23BrN2O5/c1-32-24-12-7-19(13-25(24)33-2)23-14-22(18-5-8-20(27)9-6-18)28-29(23)26(31)16-34-21-10-3-17(15-30)4-11-21/h3-13,15,23H,14,16H2,1-2H3. The molecule has 1 amide bonds. The fourth-order valence-corrected chi connectivity index (χ4v) is 3.99. The van der Waals surface area contributed by atoms with Crippen molar-refractivity contribution >= 4 is 33.8 Å². The summed E-state index contributed by atoms with van der Waals surface area (Å²) in [6.45, 7) is -0.193. The van der Waals surface area contributed by atoms with E-state index < -0.39 is 0 Å². The van der Waals surface area contributed by atoms with Gasteiger partial charge in [0, 0.05) is 16.5 Å². The molecule has 0 saturated heterocycles. The Labute approximate surface area is 206 Å². The monoisotopic (exact) mass is 522 g/mol. The Morgan fingerprint density at radius 1 is 1.03 bits per heavy atom. The molecule has 1 aliphatic heterocycles. The average Bonchev–Trinajstić information content (AvgIpc) is 3.33. The van der Waals surface area contributed by atoms with Gasteiger partial charge in [-0.15, -0.1) is 0 Å². The number of rotatable bonds is 8. The second-order valence-electron chi connectivity index (χ2n) is 7.60. The molecule has 0 spiro atoms. The third kappa shape index (κ3) is 5.12. The normalized spacial score (nSPS) is 15.0. The maximum absolute atomic E-state index is 13.2. The molecule has 1 heterocycles. The highest BCUT2D eigenvalue weighted by Gasteiger charge is 2.34. The zero-order valence-electron chi connectivity index (χ0n) is 18.7. The van der Waals surface area contributed by atoms with Gasteiger partial charge in [0.2, 0.25) is 0 Å². The summed E-state index contributed by atoms with van der Waals surface area (Å²) in [5.41, 5.74) is 3.15. The number of benzene rings is 3. The van der Waals surface area contributed by atoms with Gasteiger partial charge in [-0.1, -0.05) is 34.1 Å². The molecule has 1 atom stereocenters. The number of aldehydes is 1. The van der Waals surface area contributed by atoms with Crippen molar-refractivity contribution in [3.8, 4) is 17.2 Å². The van der Waals surface area contributed by atoms with Crippen LogP contribution in [0, 0.1) is 0 Å². The largest absolute Gasteiger partial charge is 0.493 e. The molecule has 0 radical (unpaired) electrons. The Morgan fingerprint density at radius 2 is 1.74 bits per heavy atom. The van der Waals surface area contributed by atoms with Crippen molar-refractivity contribution in [2.24, 2.45) is 5.10 Å². The van der Waals surface area contributed by atoms with E-state index in [4.69, 9.17) is 14.2 Å². The van der Waals surface area contributed by atoms with Crippen molar-refractivity contribution in [3.05, 3.63) is 87.9 Å². The minimum atomic E-state index is -0.327. The number of halogens is 1. The van der Waals surface area contributed by atoms with Crippen LogP contribution in [-0.4, -0.2) is 43.7 Å². The predicted molar refractivity (Wildman–Crippen MR) is 132 cm³/mol. The van der Waals surface area contributed by atoms with Gasteiger partial charge in [0.25, 0.3) is 5.91 Å². The molecule has 0 aliphatic carbocycles. The minimum absolute atomic E-state index is 0.193. The summed E-state index contributed by atoms with van der Waals surface area (Å²) in [7, 11) is 3.16. The molecule has 3 aromatic rings. The highest BCUT2D eigenvalue weighted by Crippen LogP contribution is 2.37. The number of hydrogen-bond donors (Lipinski definition) is 0. The van der Waals surface area contributed by atoms with E-state index in [0.717, 1.165) is 27.6 Å². The van der Waals surface area contributed by atoms with Gasteiger partial charge < -0.3 is 14.2 Å². The molecule has 1 unspecified atom stereocenters. The molecule has 34 heavy (non-hydrogen) atoms. The van der Waals surface area contributed by atoms with Crippen LogP contribution >= 0.6 is 15.9 Å². The van der Waals surface area contributed by atoms with Crippen molar-refractivity contribution in [2.75, 3.05) is 20.8 Å². The number of hydrazone groups is 1. The number of amides is 1. The lowest BCUT2D eigenvalue weighted by atomic mass is 9.98. The van der Waals surface area contributed by atoms with Crippen LogP contribution in [0.2, 0.25) is 0 Å². The number of nitrogens with zero attached hydrogens (tertiary/aromatic N) is 2. The van der Waals surface area contributed by atoms with Crippen LogP contribution in [0.15, 0.2) is 76.3 Å². The summed E-state index contributed by atoms with van der Waals surface area (Å²) in [6, 6.07) is 19.7. The SMILES string of the molecule is COc1ccc(C2CC(c3ccc(Br)cc3)=NN2C(=O)COc2ccc(C=O)cc2)cc1OC. The maximum atomic E-state index is 13.2. The Bertz CT molecular complexity index is 1210. The third-order valence-electron chi connectivity index (χ3n) is 5.51. The second kappa shape index (κ2) is 10.5. The molecule has 0 aromatic heterocycles. The molecule has 174 valence electrons. The van der Waals surface area contributed by atoms with Crippen LogP contribution in [-0.2, 0) is 4.79 Å². The van der Waals surface area contributed by atoms with Gasteiger partial charge in [-0.3, -0.25) is 9.59 Å². The van der Waals surface area contributed by atoms with E-state index in [9.17, 15) is 9.59 Å². The second-order valence-corrected chi connectivity index (χ2v) is 8.52. The number of ether oxygens (including phenoxy) is 3. The molecular weight excluding hydrogens is 500 g/mol. The molecule has 7 nitrogen and oxygen atoms in total. The lowest BCUT2D eigenvalue weighted by Gasteiger charge is -2.23. The van der Waals surface area contributed by atoms with Crippen molar-refractivity contribution in [3.63, 3.8) is 0 Å². The van der Waals surface area contributed by atoms with Crippen LogP contribution < -0.4 is 14.2 Å². The molecule has 1 aliphatic rings. The van der Waals surface area contributed by atoms with Gasteiger partial charge in [0.05, 0.1) is 26.0 Å². The summed E-state index contributed by atoms with van der Waals surface area (Å²) in [4.78, 5) is 24.1. The van der Waals surface area contributed by atoms with Crippen molar-refractivity contribution in [2.45, 2.75) is 12.5 Å². The molecular formula is C26H23BrN2O5. The predicted octanol–water partition coefficient (Wildman–Crippen LogP) is 5.04. The molecule has 0 bridgehead atoms. The Morgan fingerprint density at radius 3 is 2.38 bits per heavy atom. The summed E-state index contributed by atoms with van der Waals surface area (Å²) < 4.78 is 17.5. The lowest BCUT2D eigenvalue weighted by molar-refractivity contribution is -0.135. The first kappa shape index (κ1) is 23.5. The Kier molecular flexibility index (Phi) is 7.27. The lowest BCUT2D eigenvalue weighted by Crippen LogP contribution is -2.31. The van der Waals surface area contributed by atoms with Crippen LogP contribution in [0.3, 0.4) is 0 Å². The number of hydrogen-bond acceptors (Lipinski definition) is 6. The van der Waals surface area contributed by atoms with Crippen LogP contribution in [0.25, 0.3) is 0 Å². The quantitative estimate of drug-likeness (QED) is 0.387. The van der Waals surface area contributed by atoms with Crippen LogP contribution in [0.4, 0.5) is 0 Å². The van der Waals surface area contributed by atoms with E-state index in [1.807, 2.05) is 42.5 Å². The highest BCUT2D eigenvalue weighted by atomic mass is 79.9. The first-order valence-corrected chi connectivity index (χ1v) is 11.4. The first-order chi connectivity index (χ1) is 16.5. The number of carbonyl (C=O) groups is 2. The van der Waals surface area contributed by atoms with Crippen LogP contribution in [0.5, 0.6) is 17.2 Å². The van der Waals surface area contributed by atoms with Gasteiger partial charge in [-0.25, -0.2) is 5.01 Å². The van der Waals surface area contributed by atoms with E-state index in [1.165, 1.54) is 5.01 Å². The molecule has 8 heteroatoms. The summed E-state index contributed by atoms with van der Waals surface area (Å²) in [5.74, 6) is 1.40. The Hall–Kier alpha value is -3.65. The zero-order chi connectivity index (χ0) is 24.1. The van der Waals surface area contributed by atoms with Crippen molar-refractivity contribution in [1.29, 1.82) is 0 Å². The smallest absolute Gasteiger partial charge is 0.281 e. The average molecular weight is 523 g/mol. The number of carbonyl (C=O) groups excluding carboxylic acids is 2. The van der Waals surface area contributed by atoms with E-state index in [-0.39, 0.29) is 18.6 Å². The van der Waals surface area contributed by atoms with E-state index in [0.29, 0.717) is 29.2 Å². The van der Waals surface area contributed by atoms with Crippen molar-refractivity contribution in [1.82, 2.24) is 5.01 Å². The highest BCUT2D eigenvalue weighted by molar-refractivity contribution is 9.10. The van der Waals surface area contributed by atoms with Gasteiger partial charge in [-0.2, -0.15) is 5.10 Å². The molecule has 0 saturated carbocycles. The Balaban J connectivity index is 1.60. The van der Waals surface area contributed by atoms with E-state index in [1.54, 1.807) is 38.5 Å². The summed E-state index contributed by atoms with van der Waals surface area (Å²) >= 11 is 3.45. The maximum Gasteiger partial charge on any atom is 0.281 e. The van der Waals surface area contributed by atoms with E-state index >= 15 is 0 Å². The molecule has 3 aromatic carbocycles. The number of methoxy groups -OCH3 is 2. The fraction of sp³-hybridized carbons (Fsp3) is 0.192. The van der Waals surface area contributed by atoms with Crippen molar-refractivity contribution < 1.29 is 23.8 Å². The summed E-state index contributed by atoms with van der Waals surface area (Å²) in [6.07, 6.45) is 1.29. The first-order valence-electron chi connectivity index (χ1n) is 10.6. The van der Waals surface area contributed by atoms with Gasteiger partial charge in [0.15, 0.2) is 18.1 Å². The van der Waals surface area contributed by atoms with Gasteiger partial charge in [0.1, 0.15) is 12.0 Å². The van der Waals surface area contributed by atoms with Gasteiger partial charge in [-0.05, 0) is 59.7 Å². The fourth-order valence-electron chi connectivity index (χ4n) is 3.73. The molecule has 0 N–H and O–H groups in total. The summed E-state index contributed by atoms with van der Waals surface area (Å²) in [5, 5.41) is 6.14. The minimum Gasteiger partial charge on any atom is -0.493 e. The third-order valence-corrected chi connectivity index (χ3v) is 6.04. The zero-order valence-corrected chi connectivity index (χ0v) is 20.3.